The van der Waals surface area contributed by atoms with E-state index in [1.165, 1.54) is 12.1 Å². The molecule has 0 bridgehead atoms. The summed E-state index contributed by atoms with van der Waals surface area (Å²) in [5, 5.41) is 22.7. The number of ether oxygens (including phenoxy) is 2. The first-order chi connectivity index (χ1) is 27.1. The number of hydrogen-bond acceptors (Lipinski definition) is 8. The van der Waals surface area contributed by atoms with Crippen LogP contribution in [-0.2, 0) is 43.9 Å². The summed E-state index contributed by atoms with van der Waals surface area (Å²) in [6.07, 6.45) is 0.348. The Bertz CT molecular complexity index is 2160. The molecule has 2 fully saturated rings. The molecule has 5 aromatic rings. The van der Waals surface area contributed by atoms with E-state index in [9.17, 15) is 23.4 Å². The van der Waals surface area contributed by atoms with Gasteiger partial charge in [-0.1, -0.05) is 121 Å². The Morgan fingerprint density at radius 2 is 1.54 bits per heavy atom. The van der Waals surface area contributed by atoms with E-state index in [0.29, 0.717) is 19.5 Å². The van der Waals surface area contributed by atoms with Crippen LogP contribution >= 0.6 is 0 Å². The van der Waals surface area contributed by atoms with Crippen molar-refractivity contribution in [2.45, 2.75) is 74.9 Å². The van der Waals surface area contributed by atoms with Gasteiger partial charge in [-0.2, -0.15) is 4.72 Å². The Morgan fingerprint density at radius 3 is 2.23 bits per heavy atom. The lowest BCUT2D eigenvalue weighted by Crippen LogP contribution is -2.47. The van der Waals surface area contributed by atoms with E-state index in [1.54, 1.807) is 12.1 Å². The highest BCUT2D eigenvalue weighted by Crippen LogP contribution is 2.39. The van der Waals surface area contributed by atoms with E-state index in [1.807, 2.05) is 110 Å². The maximum absolute atomic E-state index is 13.8. The van der Waals surface area contributed by atoms with Gasteiger partial charge in [-0.05, 0) is 65.3 Å². The molecule has 11 heteroatoms. The Hall–Kier alpha value is -4.72. The minimum absolute atomic E-state index is 0.0237. The van der Waals surface area contributed by atoms with Gasteiger partial charge < -0.3 is 25.0 Å². The summed E-state index contributed by atoms with van der Waals surface area (Å²) in [7, 11) is -3.98. The molecule has 292 valence electrons. The largest absolute Gasteiger partial charge is 0.392 e. The normalized spacial score (nSPS) is 20.8. The number of aliphatic hydroxyl groups is 2. The fourth-order valence-corrected chi connectivity index (χ4v) is 8.59. The number of nitrogens with zero attached hydrogens (tertiary/aromatic N) is 1. The Labute approximate surface area is 329 Å². The Morgan fingerprint density at radius 1 is 0.839 bits per heavy atom. The van der Waals surface area contributed by atoms with Crippen LogP contribution in [0.4, 0.5) is 0 Å². The third-order valence-electron chi connectivity index (χ3n) is 10.5. The van der Waals surface area contributed by atoms with Gasteiger partial charge in [0.1, 0.15) is 6.04 Å². The summed E-state index contributed by atoms with van der Waals surface area (Å²) in [5.74, 6) is -0.431. The quantitative estimate of drug-likeness (QED) is 0.108. The van der Waals surface area contributed by atoms with Crippen LogP contribution in [0.5, 0.6) is 0 Å². The molecule has 2 heterocycles. The second-order valence-electron chi connectivity index (χ2n) is 14.7. The molecule has 0 unspecified atom stereocenters. The number of hydrogen-bond donors (Lipinski definition) is 4. The molecule has 5 atom stereocenters. The van der Waals surface area contributed by atoms with Crippen LogP contribution in [0.15, 0.2) is 132 Å². The van der Waals surface area contributed by atoms with Crippen molar-refractivity contribution in [2.75, 3.05) is 19.6 Å². The Kier molecular flexibility index (Phi) is 12.7. The fourth-order valence-electron chi connectivity index (χ4n) is 7.39. The van der Waals surface area contributed by atoms with Crippen LogP contribution < -0.4 is 10.0 Å². The van der Waals surface area contributed by atoms with Crippen LogP contribution in [0.2, 0.25) is 0 Å². The number of aliphatic hydroxyl groups excluding tert-OH is 2. The molecule has 2 aliphatic heterocycles. The molecule has 10 nitrogen and oxygen atoms in total. The van der Waals surface area contributed by atoms with E-state index in [0.717, 1.165) is 57.5 Å². The molecule has 5 aromatic carbocycles. The van der Waals surface area contributed by atoms with Crippen molar-refractivity contribution in [3.8, 4) is 11.1 Å². The van der Waals surface area contributed by atoms with Gasteiger partial charge in [0.15, 0.2) is 6.29 Å². The number of amides is 1. The van der Waals surface area contributed by atoms with Crippen molar-refractivity contribution >= 4 is 15.9 Å². The summed E-state index contributed by atoms with van der Waals surface area (Å²) in [5.41, 5.74) is 7.23. The van der Waals surface area contributed by atoms with Crippen LogP contribution in [0, 0.1) is 6.92 Å². The van der Waals surface area contributed by atoms with Gasteiger partial charge in [0.2, 0.25) is 15.9 Å². The number of carbonyl (C=O) groups excluding carboxylic acids is 1. The highest BCUT2D eigenvalue weighted by atomic mass is 32.2. The van der Waals surface area contributed by atoms with E-state index < -0.39 is 28.3 Å². The number of β-amino-alcohol motifs (C(OH)–C–C–N with tert-alkyl or cyclic N) is 1. The molecule has 4 N–H and O–H groups in total. The summed E-state index contributed by atoms with van der Waals surface area (Å²) in [6.45, 7) is 4.20. The number of likely N-dealkylation sites (tertiary alicyclic amines) is 1. The molecule has 2 saturated heterocycles. The van der Waals surface area contributed by atoms with Crippen molar-refractivity contribution in [1.29, 1.82) is 0 Å². The topological polar surface area (TPSA) is 137 Å². The van der Waals surface area contributed by atoms with Gasteiger partial charge in [0.05, 0.1) is 29.8 Å². The fraction of sp³-hybridized carbons (Fsp3) is 0.311. The lowest BCUT2D eigenvalue weighted by molar-refractivity contribution is -0.252. The first-order valence-corrected chi connectivity index (χ1v) is 20.6. The zero-order valence-corrected chi connectivity index (χ0v) is 32.3. The molecule has 7 rings (SSSR count). The SMILES string of the molecule is Cc1ccc(S(=O)(=O)N[C@H](Cc2ccccc2)C(=O)NCc2ccccc2-c2ccc([C@@H]3O[C@H](CN4CC[C@H](O)C4)C[C@H](c4ccc(CO)cc4)O3)cc2)cc1. The molecule has 56 heavy (non-hydrogen) atoms. The van der Waals surface area contributed by atoms with Crippen LogP contribution in [-0.4, -0.2) is 67.3 Å². The van der Waals surface area contributed by atoms with Crippen LogP contribution in [0.3, 0.4) is 0 Å². The number of benzene rings is 5. The van der Waals surface area contributed by atoms with E-state index in [-0.39, 0.29) is 42.8 Å². The average molecular weight is 776 g/mol. The zero-order chi connectivity index (χ0) is 39.1. The Balaban J connectivity index is 1.06. The van der Waals surface area contributed by atoms with Gasteiger partial charge >= 0.3 is 0 Å². The van der Waals surface area contributed by atoms with Crippen molar-refractivity contribution < 1.29 is 32.9 Å². The standard InChI is InChI=1S/C45H49N3O7S/c1-31-11-21-40(22-12-31)56(52,53)47-42(25-32-7-3-2-4-8-32)44(51)46-27-37-9-5-6-10-41(37)34-17-19-36(20-18-34)45-54-39(29-48-24-23-38(50)28-48)26-43(55-45)35-15-13-33(30-49)14-16-35/h2-22,38-39,42-43,45,47,49-50H,23-30H2,1H3,(H,46,51)/t38-,39-,42+,43+,45+/m0/s1. The maximum atomic E-state index is 13.8. The lowest BCUT2D eigenvalue weighted by Gasteiger charge is -2.38. The number of carbonyl (C=O) groups is 1. The number of rotatable bonds is 14. The van der Waals surface area contributed by atoms with Crippen molar-refractivity contribution in [3.05, 3.63) is 161 Å². The highest BCUT2D eigenvalue weighted by molar-refractivity contribution is 7.89. The molecule has 0 saturated carbocycles. The second-order valence-corrected chi connectivity index (χ2v) is 16.4. The summed E-state index contributed by atoms with van der Waals surface area (Å²) in [4.78, 5) is 16.1. The molecular weight excluding hydrogens is 727 g/mol. The summed E-state index contributed by atoms with van der Waals surface area (Å²) >= 11 is 0. The van der Waals surface area contributed by atoms with Crippen LogP contribution in [0.25, 0.3) is 11.1 Å². The first-order valence-electron chi connectivity index (χ1n) is 19.1. The molecule has 2 aliphatic rings. The predicted octanol–water partition coefficient (Wildman–Crippen LogP) is 5.97. The molecule has 0 aliphatic carbocycles. The molecule has 0 radical (unpaired) electrons. The monoisotopic (exact) mass is 775 g/mol. The predicted molar refractivity (Wildman–Crippen MR) is 215 cm³/mol. The maximum Gasteiger partial charge on any atom is 0.241 e. The minimum atomic E-state index is -3.98. The third kappa shape index (κ3) is 9.98. The molecule has 1 amide bonds. The summed E-state index contributed by atoms with van der Waals surface area (Å²) in [6, 6.07) is 38.5. The minimum Gasteiger partial charge on any atom is -0.392 e. The smallest absolute Gasteiger partial charge is 0.241 e. The highest BCUT2D eigenvalue weighted by Gasteiger charge is 2.34. The first kappa shape index (κ1) is 39.5. The number of nitrogens with one attached hydrogen (secondary N) is 2. The zero-order valence-electron chi connectivity index (χ0n) is 31.5. The van der Waals surface area contributed by atoms with Gasteiger partial charge in [-0.3, -0.25) is 9.69 Å². The average Bonchev–Trinajstić information content (AvgIpc) is 3.64. The molecule has 0 aromatic heterocycles. The van der Waals surface area contributed by atoms with Gasteiger partial charge in [-0.25, -0.2) is 8.42 Å². The second kappa shape index (κ2) is 18.0. The van der Waals surface area contributed by atoms with Gasteiger partial charge in [-0.15, -0.1) is 0 Å². The van der Waals surface area contributed by atoms with Crippen molar-refractivity contribution in [1.82, 2.24) is 14.9 Å². The summed E-state index contributed by atoms with van der Waals surface area (Å²) < 4.78 is 42.6. The van der Waals surface area contributed by atoms with Crippen LogP contribution in [0.1, 0.15) is 58.6 Å². The molecular formula is C45H49N3O7S. The van der Waals surface area contributed by atoms with E-state index in [2.05, 4.69) is 14.9 Å². The van der Waals surface area contributed by atoms with E-state index >= 15 is 0 Å². The number of sulfonamides is 1. The molecule has 0 spiro atoms. The van der Waals surface area contributed by atoms with Crippen molar-refractivity contribution in [3.63, 3.8) is 0 Å². The number of aryl methyl sites for hydroxylation is 1. The lowest BCUT2D eigenvalue weighted by atomic mass is 9.97. The van der Waals surface area contributed by atoms with Crippen molar-refractivity contribution in [2.24, 2.45) is 0 Å². The van der Waals surface area contributed by atoms with Gasteiger partial charge in [0.25, 0.3) is 0 Å². The third-order valence-corrected chi connectivity index (χ3v) is 12.0. The van der Waals surface area contributed by atoms with E-state index in [4.69, 9.17) is 9.47 Å². The van der Waals surface area contributed by atoms with Gasteiger partial charge in [0, 0.05) is 38.2 Å².